The lowest BCUT2D eigenvalue weighted by Gasteiger charge is -2.09. The van der Waals surface area contributed by atoms with Crippen LogP contribution in [0.5, 0.6) is 0 Å². The zero-order valence-corrected chi connectivity index (χ0v) is 13.4. The molecule has 0 bridgehead atoms. The molecule has 112 valence electrons. The lowest BCUT2D eigenvalue weighted by Crippen LogP contribution is -1.93. The Hall–Kier alpha value is -0.330. The molecule has 2 aromatic carbocycles. The zero-order chi connectivity index (χ0) is 15.9. The summed E-state index contributed by atoms with van der Waals surface area (Å²) in [6.07, 6.45) is 0. The molecule has 0 aliphatic carbocycles. The fraction of sp³-hybridized carbons (Fsp3) is 0. The predicted molar refractivity (Wildman–Crippen MR) is 76.9 cm³/mol. The van der Waals surface area contributed by atoms with E-state index in [-0.39, 0.29) is 9.79 Å². The van der Waals surface area contributed by atoms with E-state index in [9.17, 15) is 17.6 Å². The Morgan fingerprint density at radius 1 is 0.619 bits per heavy atom. The van der Waals surface area contributed by atoms with Crippen molar-refractivity contribution >= 4 is 58.2 Å². The van der Waals surface area contributed by atoms with E-state index < -0.39 is 43.4 Å². The third-order valence-corrected chi connectivity index (χ3v) is 4.61. The Morgan fingerprint density at radius 3 is 1.29 bits per heavy atom. The monoisotopic (exact) mass is 394 g/mol. The standard InChI is InChI=1S/C12H2Cl4F4S/c13-3-1-5(11(19)7(15)9(3)17)21-6-2-4(14)10(18)8(16)12(6)20/h1-2H. The second kappa shape index (κ2) is 6.42. The predicted octanol–water partition coefficient (Wildman–Crippen LogP) is 7.01. The van der Waals surface area contributed by atoms with Gasteiger partial charge in [-0.2, -0.15) is 0 Å². The molecular weight excluding hydrogens is 394 g/mol. The van der Waals surface area contributed by atoms with Crippen LogP contribution >= 0.6 is 58.2 Å². The van der Waals surface area contributed by atoms with E-state index in [2.05, 4.69) is 0 Å². The minimum Gasteiger partial charge on any atom is -0.204 e. The van der Waals surface area contributed by atoms with Gasteiger partial charge in [-0.1, -0.05) is 58.2 Å². The maximum absolute atomic E-state index is 13.8. The van der Waals surface area contributed by atoms with Crippen LogP contribution in [0.1, 0.15) is 0 Å². The van der Waals surface area contributed by atoms with Gasteiger partial charge in [-0.3, -0.25) is 0 Å². The van der Waals surface area contributed by atoms with Crippen LogP contribution < -0.4 is 0 Å². The summed E-state index contributed by atoms with van der Waals surface area (Å²) in [7, 11) is 0. The van der Waals surface area contributed by atoms with Crippen LogP contribution in [0.15, 0.2) is 21.9 Å². The molecule has 0 aliphatic heterocycles. The van der Waals surface area contributed by atoms with Crippen LogP contribution in [0.4, 0.5) is 17.6 Å². The summed E-state index contributed by atoms with van der Waals surface area (Å²) in [5, 5.41) is -2.54. The first kappa shape index (κ1) is 17.0. The van der Waals surface area contributed by atoms with Crippen molar-refractivity contribution in [3.05, 3.63) is 55.5 Å². The molecule has 0 aliphatic rings. The Bertz CT molecular complexity index is 675. The van der Waals surface area contributed by atoms with Gasteiger partial charge in [0, 0.05) is 0 Å². The highest BCUT2D eigenvalue weighted by molar-refractivity contribution is 7.99. The quantitative estimate of drug-likeness (QED) is 0.299. The molecule has 0 heterocycles. The van der Waals surface area contributed by atoms with Crippen molar-refractivity contribution in [3.63, 3.8) is 0 Å². The number of benzene rings is 2. The summed E-state index contributed by atoms with van der Waals surface area (Å²) in [4.78, 5) is -0.520. The highest BCUT2D eigenvalue weighted by atomic mass is 35.5. The Labute approximate surface area is 140 Å². The average molecular weight is 396 g/mol. The lowest BCUT2D eigenvalue weighted by molar-refractivity contribution is 0.562. The van der Waals surface area contributed by atoms with Crippen LogP contribution in [0.3, 0.4) is 0 Å². The third-order valence-electron chi connectivity index (χ3n) is 2.36. The van der Waals surface area contributed by atoms with Gasteiger partial charge in [0.05, 0.1) is 19.8 Å². The van der Waals surface area contributed by atoms with E-state index in [1.54, 1.807) is 0 Å². The average Bonchev–Trinajstić information content (AvgIpc) is 2.45. The van der Waals surface area contributed by atoms with Gasteiger partial charge >= 0.3 is 0 Å². The first-order valence-corrected chi connectivity index (χ1v) is 7.40. The molecule has 2 aromatic rings. The summed E-state index contributed by atoms with van der Waals surface area (Å²) in [5.74, 6) is -4.51. The highest BCUT2D eigenvalue weighted by Crippen LogP contribution is 2.41. The van der Waals surface area contributed by atoms with Crippen LogP contribution in [0.2, 0.25) is 20.1 Å². The minimum atomic E-state index is -1.13. The van der Waals surface area contributed by atoms with E-state index in [1.807, 2.05) is 0 Å². The highest BCUT2D eigenvalue weighted by Gasteiger charge is 2.21. The zero-order valence-electron chi connectivity index (χ0n) is 9.59. The fourth-order valence-electron chi connectivity index (χ4n) is 1.37. The molecule has 0 atom stereocenters. The maximum atomic E-state index is 13.8. The van der Waals surface area contributed by atoms with Crippen molar-refractivity contribution in [3.8, 4) is 0 Å². The van der Waals surface area contributed by atoms with Crippen molar-refractivity contribution in [2.24, 2.45) is 0 Å². The minimum absolute atomic E-state index is 0.260. The van der Waals surface area contributed by atoms with E-state index in [4.69, 9.17) is 46.4 Å². The van der Waals surface area contributed by atoms with Crippen molar-refractivity contribution in [2.75, 3.05) is 0 Å². The number of halogens is 8. The molecule has 0 N–H and O–H groups in total. The van der Waals surface area contributed by atoms with Crippen LogP contribution in [-0.2, 0) is 0 Å². The van der Waals surface area contributed by atoms with Crippen molar-refractivity contribution in [1.29, 1.82) is 0 Å². The fourth-order valence-corrected chi connectivity index (χ4v) is 3.50. The molecule has 21 heavy (non-hydrogen) atoms. The SMILES string of the molecule is Fc1c(Cl)cc(Sc2cc(Cl)c(F)c(Cl)c2F)c(F)c1Cl. The molecule has 2 rings (SSSR count). The topological polar surface area (TPSA) is 0 Å². The molecule has 9 heteroatoms. The van der Waals surface area contributed by atoms with E-state index >= 15 is 0 Å². The molecule has 0 aromatic heterocycles. The summed E-state index contributed by atoms with van der Waals surface area (Å²) in [6.45, 7) is 0. The number of hydrogen-bond acceptors (Lipinski definition) is 1. The van der Waals surface area contributed by atoms with Crippen molar-refractivity contribution in [1.82, 2.24) is 0 Å². The molecule has 0 unspecified atom stereocenters. The van der Waals surface area contributed by atoms with Gasteiger partial charge in [0.1, 0.15) is 10.0 Å². The van der Waals surface area contributed by atoms with Crippen molar-refractivity contribution in [2.45, 2.75) is 9.79 Å². The summed E-state index contributed by atoms with van der Waals surface area (Å²) in [6, 6.07) is 1.85. The summed E-state index contributed by atoms with van der Waals surface area (Å²) < 4.78 is 54.2. The molecule has 0 fully saturated rings. The van der Waals surface area contributed by atoms with E-state index in [1.165, 1.54) is 0 Å². The second-order valence-corrected chi connectivity index (χ2v) is 6.35. The first-order chi connectivity index (χ1) is 9.73. The van der Waals surface area contributed by atoms with E-state index in [0.717, 1.165) is 12.1 Å². The van der Waals surface area contributed by atoms with Gasteiger partial charge in [-0.25, -0.2) is 17.6 Å². The van der Waals surface area contributed by atoms with Gasteiger partial charge in [0.15, 0.2) is 23.3 Å². The smallest absolute Gasteiger partial charge is 0.163 e. The van der Waals surface area contributed by atoms with E-state index in [0.29, 0.717) is 11.8 Å². The van der Waals surface area contributed by atoms with Gasteiger partial charge in [-0.15, -0.1) is 0 Å². The van der Waals surface area contributed by atoms with Gasteiger partial charge < -0.3 is 0 Å². The summed E-state index contributed by atoms with van der Waals surface area (Å²) >= 11 is 22.4. The number of rotatable bonds is 2. The third kappa shape index (κ3) is 3.22. The molecule has 0 nitrogen and oxygen atoms in total. The molecule has 0 spiro atoms. The van der Waals surface area contributed by atoms with Gasteiger partial charge in [0.2, 0.25) is 0 Å². The lowest BCUT2D eigenvalue weighted by atomic mass is 10.3. The second-order valence-electron chi connectivity index (χ2n) is 3.70. The largest absolute Gasteiger partial charge is 0.204 e. The summed E-state index contributed by atoms with van der Waals surface area (Å²) in [5.41, 5.74) is 0. The normalized spacial score (nSPS) is 11.0. The van der Waals surface area contributed by atoms with Crippen LogP contribution in [0.25, 0.3) is 0 Å². The Balaban J connectivity index is 2.54. The molecular formula is C12H2Cl4F4S. The molecule has 0 radical (unpaired) electrons. The Kier molecular flexibility index (Phi) is 5.21. The van der Waals surface area contributed by atoms with Gasteiger partial charge in [-0.05, 0) is 12.1 Å². The molecule has 0 saturated heterocycles. The van der Waals surface area contributed by atoms with Crippen LogP contribution in [-0.4, -0.2) is 0 Å². The van der Waals surface area contributed by atoms with Crippen molar-refractivity contribution < 1.29 is 17.6 Å². The first-order valence-electron chi connectivity index (χ1n) is 5.07. The van der Waals surface area contributed by atoms with Gasteiger partial charge in [0.25, 0.3) is 0 Å². The number of hydrogen-bond donors (Lipinski definition) is 0. The molecule has 0 amide bonds. The Morgan fingerprint density at radius 2 is 0.952 bits per heavy atom. The van der Waals surface area contributed by atoms with Crippen LogP contribution in [0, 0.1) is 23.3 Å². The molecule has 0 saturated carbocycles. The maximum Gasteiger partial charge on any atom is 0.163 e.